The van der Waals surface area contributed by atoms with Crippen LogP contribution in [-0.2, 0) is 6.42 Å². The molecule has 0 aliphatic carbocycles. The molecule has 1 heterocycles. The van der Waals surface area contributed by atoms with Crippen LogP contribution in [0.1, 0.15) is 12.0 Å². The molecule has 3 nitrogen and oxygen atoms in total. The normalized spacial score (nSPS) is 23.0. The second-order valence-corrected chi connectivity index (χ2v) is 6.00. The lowest BCUT2D eigenvalue weighted by molar-refractivity contribution is 0.181. The van der Waals surface area contributed by atoms with Crippen molar-refractivity contribution in [3.63, 3.8) is 0 Å². The predicted octanol–water partition coefficient (Wildman–Crippen LogP) is 1.73. The minimum atomic E-state index is -0.524. The van der Waals surface area contributed by atoms with Gasteiger partial charge in [-0.15, -0.1) is 0 Å². The largest absolute Gasteiger partial charge is 0.315 e. The van der Waals surface area contributed by atoms with Crippen molar-refractivity contribution < 1.29 is 8.78 Å². The molecular weight excluding hydrogens is 272 g/mol. The molecule has 0 bridgehead atoms. The lowest BCUT2D eigenvalue weighted by Gasteiger charge is -2.34. The molecule has 1 aromatic carbocycles. The van der Waals surface area contributed by atoms with Gasteiger partial charge in [0.25, 0.3) is 0 Å². The summed E-state index contributed by atoms with van der Waals surface area (Å²) in [5.74, 6) is -0.983. The van der Waals surface area contributed by atoms with Gasteiger partial charge in [-0.25, -0.2) is 8.78 Å². The first-order valence-electron chi connectivity index (χ1n) is 7.51. The summed E-state index contributed by atoms with van der Waals surface area (Å²) in [7, 11) is 6.15. The number of nitrogens with one attached hydrogen (secondary N) is 1. The van der Waals surface area contributed by atoms with E-state index in [9.17, 15) is 8.78 Å². The van der Waals surface area contributed by atoms with Crippen LogP contribution in [0.2, 0.25) is 0 Å². The van der Waals surface area contributed by atoms with Gasteiger partial charge in [-0.2, -0.15) is 0 Å². The number of hydrogen-bond donors (Lipinski definition) is 1. The van der Waals surface area contributed by atoms with E-state index in [1.165, 1.54) is 6.07 Å². The summed E-state index contributed by atoms with van der Waals surface area (Å²) in [6, 6.07) is 4.29. The van der Waals surface area contributed by atoms with Gasteiger partial charge in [0.15, 0.2) is 0 Å². The number of rotatable bonds is 4. The topological polar surface area (TPSA) is 18.5 Å². The second kappa shape index (κ2) is 7.29. The minimum absolute atomic E-state index is 0.135. The van der Waals surface area contributed by atoms with E-state index in [1.807, 2.05) is 7.05 Å². The molecule has 0 saturated carbocycles. The molecule has 2 atom stereocenters. The molecule has 1 aliphatic rings. The van der Waals surface area contributed by atoms with Gasteiger partial charge in [0.05, 0.1) is 0 Å². The predicted molar refractivity (Wildman–Crippen MR) is 81.4 cm³/mol. The standard InChI is InChI=1S/C16H25F2N3/c1-19-15(9-12-5-6-13(17)10-14(12)18)16-11-20(2)7-4-8-21(16)3/h5-6,10,15-16,19H,4,7-9,11H2,1-3H3. The molecule has 1 N–H and O–H groups in total. The van der Waals surface area contributed by atoms with Gasteiger partial charge in [0.2, 0.25) is 0 Å². The van der Waals surface area contributed by atoms with Crippen molar-refractivity contribution in [2.24, 2.45) is 0 Å². The maximum atomic E-state index is 13.9. The monoisotopic (exact) mass is 297 g/mol. The Kier molecular flexibility index (Phi) is 5.67. The van der Waals surface area contributed by atoms with Gasteiger partial charge in [-0.05, 0) is 58.7 Å². The Morgan fingerprint density at radius 1 is 1.29 bits per heavy atom. The van der Waals surface area contributed by atoms with Crippen molar-refractivity contribution in [3.05, 3.63) is 35.4 Å². The summed E-state index contributed by atoms with van der Waals surface area (Å²) in [5, 5.41) is 3.31. The van der Waals surface area contributed by atoms with Crippen LogP contribution in [-0.4, -0.2) is 62.7 Å². The lowest BCUT2D eigenvalue weighted by Crippen LogP contribution is -2.52. The lowest BCUT2D eigenvalue weighted by atomic mass is 9.97. The molecule has 1 aliphatic heterocycles. The van der Waals surface area contributed by atoms with E-state index in [4.69, 9.17) is 0 Å². The van der Waals surface area contributed by atoms with Crippen molar-refractivity contribution in [2.75, 3.05) is 40.8 Å². The molecule has 1 saturated heterocycles. The van der Waals surface area contributed by atoms with Gasteiger partial charge in [0.1, 0.15) is 11.6 Å². The smallest absolute Gasteiger partial charge is 0.129 e. The van der Waals surface area contributed by atoms with Crippen molar-refractivity contribution in [1.82, 2.24) is 15.1 Å². The molecule has 2 rings (SSSR count). The summed E-state index contributed by atoms with van der Waals surface area (Å²) < 4.78 is 26.9. The van der Waals surface area contributed by atoms with E-state index >= 15 is 0 Å². The average Bonchev–Trinajstić information content (AvgIpc) is 2.60. The fourth-order valence-electron chi connectivity index (χ4n) is 3.09. The van der Waals surface area contributed by atoms with Crippen LogP contribution >= 0.6 is 0 Å². The van der Waals surface area contributed by atoms with Gasteiger partial charge >= 0.3 is 0 Å². The summed E-state index contributed by atoms with van der Waals surface area (Å²) >= 11 is 0. The second-order valence-electron chi connectivity index (χ2n) is 6.00. The van der Waals surface area contributed by atoms with Crippen LogP contribution in [0.15, 0.2) is 18.2 Å². The van der Waals surface area contributed by atoms with E-state index in [0.29, 0.717) is 18.0 Å². The molecule has 0 aromatic heterocycles. The van der Waals surface area contributed by atoms with Crippen LogP contribution < -0.4 is 5.32 Å². The first-order valence-corrected chi connectivity index (χ1v) is 7.51. The molecule has 21 heavy (non-hydrogen) atoms. The summed E-state index contributed by atoms with van der Waals surface area (Å²) in [6.07, 6.45) is 1.70. The Balaban J connectivity index is 2.14. The van der Waals surface area contributed by atoms with E-state index in [-0.39, 0.29) is 6.04 Å². The number of halogens is 2. The zero-order valence-corrected chi connectivity index (χ0v) is 13.1. The highest BCUT2D eigenvalue weighted by molar-refractivity contribution is 5.20. The van der Waals surface area contributed by atoms with Crippen LogP contribution in [0, 0.1) is 11.6 Å². The zero-order valence-electron chi connectivity index (χ0n) is 13.1. The Morgan fingerprint density at radius 2 is 2.05 bits per heavy atom. The Bertz CT molecular complexity index is 467. The van der Waals surface area contributed by atoms with E-state index in [2.05, 4.69) is 29.2 Å². The average molecular weight is 297 g/mol. The molecule has 2 unspecified atom stereocenters. The molecule has 118 valence electrons. The Labute approximate surface area is 125 Å². The Morgan fingerprint density at radius 3 is 2.71 bits per heavy atom. The van der Waals surface area contributed by atoms with Gasteiger partial charge in [-0.3, -0.25) is 0 Å². The van der Waals surface area contributed by atoms with Crippen molar-refractivity contribution >= 4 is 0 Å². The summed E-state index contributed by atoms with van der Waals surface area (Å²) in [6.45, 7) is 3.08. The fourth-order valence-corrected chi connectivity index (χ4v) is 3.09. The van der Waals surface area contributed by atoms with E-state index in [0.717, 1.165) is 32.1 Å². The zero-order chi connectivity index (χ0) is 15.4. The van der Waals surface area contributed by atoms with Crippen molar-refractivity contribution in [2.45, 2.75) is 24.9 Å². The molecule has 1 aromatic rings. The molecule has 0 amide bonds. The molecule has 1 fully saturated rings. The quantitative estimate of drug-likeness (QED) is 0.913. The first kappa shape index (κ1) is 16.3. The third-order valence-electron chi connectivity index (χ3n) is 4.41. The number of likely N-dealkylation sites (N-methyl/N-ethyl adjacent to an activating group) is 3. The Hall–Kier alpha value is -1.04. The fraction of sp³-hybridized carbons (Fsp3) is 0.625. The molecular formula is C16H25F2N3. The highest BCUT2D eigenvalue weighted by Gasteiger charge is 2.28. The molecule has 5 heteroatoms. The SMILES string of the molecule is CNC(Cc1ccc(F)cc1F)C1CN(C)CCCN1C. The highest BCUT2D eigenvalue weighted by Crippen LogP contribution is 2.17. The van der Waals surface area contributed by atoms with Crippen molar-refractivity contribution in [1.29, 1.82) is 0 Å². The maximum absolute atomic E-state index is 13.9. The van der Waals surface area contributed by atoms with Gasteiger partial charge in [-0.1, -0.05) is 6.07 Å². The minimum Gasteiger partial charge on any atom is -0.315 e. The van der Waals surface area contributed by atoms with Crippen molar-refractivity contribution in [3.8, 4) is 0 Å². The summed E-state index contributed by atoms with van der Waals surface area (Å²) in [5.41, 5.74) is 0.566. The van der Waals surface area contributed by atoms with Crippen LogP contribution in [0.4, 0.5) is 8.78 Å². The summed E-state index contributed by atoms with van der Waals surface area (Å²) in [4.78, 5) is 4.66. The molecule has 0 spiro atoms. The third-order valence-corrected chi connectivity index (χ3v) is 4.41. The number of benzene rings is 1. The highest BCUT2D eigenvalue weighted by atomic mass is 19.1. The van der Waals surface area contributed by atoms with Gasteiger partial charge < -0.3 is 15.1 Å². The van der Waals surface area contributed by atoms with Crippen LogP contribution in [0.5, 0.6) is 0 Å². The number of nitrogens with zero attached hydrogens (tertiary/aromatic N) is 2. The first-order chi connectivity index (χ1) is 10.0. The van der Waals surface area contributed by atoms with E-state index in [1.54, 1.807) is 6.07 Å². The van der Waals surface area contributed by atoms with E-state index < -0.39 is 11.6 Å². The van der Waals surface area contributed by atoms with Crippen LogP contribution in [0.3, 0.4) is 0 Å². The maximum Gasteiger partial charge on any atom is 0.129 e. The third kappa shape index (κ3) is 4.22. The molecule has 0 radical (unpaired) electrons. The van der Waals surface area contributed by atoms with Crippen LogP contribution in [0.25, 0.3) is 0 Å². The number of hydrogen-bond acceptors (Lipinski definition) is 3. The van der Waals surface area contributed by atoms with Gasteiger partial charge in [0, 0.05) is 24.7 Å².